The highest BCUT2D eigenvalue weighted by Crippen LogP contribution is 2.23. The Balaban J connectivity index is 2.14. The molecule has 1 saturated heterocycles. The van der Waals surface area contributed by atoms with Gasteiger partial charge in [-0.05, 0) is 19.0 Å². The average molecular weight is 281 g/mol. The molecule has 0 radical (unpaired) electrons. The van der Waals surface area contributed by atoms with Crippen molar-refractivity contribution < 1.29 is 19.0 Å². The van der Waals surface area contributed by atoms with E-state index in [1.54, 1.807) is 18.2 Å². The van der Waals surface area contributed by atoms with E-state index >= 15 is 0 Å². The van der Waals surface area contributed by atoms with Crippen molar-refractivity contribution >= 4 is 5.97 Å². The normalized spacial score (nSPS) is 22.4. The first-order valence-electron chi connectivity index (χ1n) is 6.91. The van der Waals surface area contributed by atoms with Crippen molar-refractivity contribution in [3.63, 3.8) is 0 Å². The number of hydrogen-bond donors (Lipinski definition) is 1. The fraction of sp³-hybridized carbons (Fsp3) is 0.533. The molecule has 1 N–H and O–H groups in total. The van der Waals surface area contributed by atoms with Crippen LogP contribution in [0.5, 0.6) is 0 Å². The minimum atomic E-state index is -0.845. The van der Waals surface area contributed by atoms with E-state index in [0.717, 1.165) is 13.0 Å². The highest BCUT2D eigenvalue weighted by Gasteiger charge is 2.37. The lowest BCUT2D eigenvalue weighted by Gasteiger charge is -2.30. The first kappa shape index (κ1) is 14.9. The van der Waals surface area contributed by atoms with Crippen LogP contribution < -0.4 is 0 Å². The molecule has 1 fully saturated rings. The Morgan fingerprint density at radius 3 is 2.85 bits per heavy atom. The Morgan fingerprint density at radius 1 is 1.45 bits per heavy atom. The minimum absolute atomic E-state index is 0.188. The smallest absolute Gasteiger partial charge is 0.310 e. The fourth-order valence-electron chi connectivity index (χ4n) is 2.63. The molecule has 0 spiro atoms. The Kier molecular flexibility index (Phi) is 5.09. The summed E-state index contributed by atoms with van der Waals surface area (Å²) in [5.41, 5.74) is 0.594. The van der Waals surface area contributed by atoms with Gasteiger partial charge in [-0.25, -0.2) is 4.39 Å². The molecule has 0 bridgehead atoms. The number of hydrogen-bond acceptors (Lipinski definition) is 3. The van der Waals surface area contributed by atoms with Crippen LogP contribution in [0.2, 0.25) is 0 Å². The van der Waals surface area contributed by atoms with Gasteiger partial charge in [0, 0.05) is 18.2 Å². The van der Waals surface area contributed by atoms with E-state index in [2.05, 4.69) is 0 Å². The molecule has 4 nitrogen and oxygen atoms in total. The molecule has 5 heteroatoms. The third kappa shape index (κ3) is 3.35. The van der Waals surface area contributed by atoms with Gasteiger partial charge in [0.15, 0.2) is 0 Å². The van der Waals surface area contributed by atoms with Crippen LogP contribution >= 0.6 is 0 Å². The topological polar surface area (TPSA) is 49.8 Å². The summed E-state index contributed by atoms with van der Waals surface area (Å²) in [6, 6.07) is 6.43. The lowest BCUT2D eigenvalue weighted by molar-refractivity contribution is -0.143. The van der Waals surface area contributed by atoms with Gasteiger partial charge < -0.3 is 9.84 Å². The van der Waals surface area contributed by atoms with Gasteiger partial charge in [-0.3, -0.25) is 9.69 Å². The maximum Gasteiger partial charge on any atom is 0.310 e. The summed E-state index contributed by atoms with van der Waals surface area (Å²) < 4.78 is 19.1. The Labute approximate surface area is 118 Å². The van der Waals surface area contributed by atoms with Crippen LogP contribution in [-0.2, 0) is 16.1 Å². The van der Waals surface area contributed by atoms with Gasteiger partial charge in [0.25, 0.3) is 0 Å². The molecule has 2 atom stereocenters. The van der Waals surface area contributed by atoms with Crippen molar-refractivity contribution in [1.29, 1.82) is 0 Å². The Morgan fingerprint density at radius 2 is 2.20 bits per heavy atom. The number of ether oxygens (including phenoxy) is 1. The number of halogens is 1. The molecule has 0 amide bonds. The molecule has 2 rings (SSSR count). The summed E-state index contributed by atoms with van der Waals surface area (Å²) in [6.45, 7) is 3.80. The summed E-state index contributed by atoms with van der Waals surface area (Å²) in [5, 5.41) is 9.24. The zero-order chi connectivity index (χ0) is 14.5. The fourth-order valence-corrected chi connectivity index (χ4v) is 2.63. The zero-order valence-corrected chi connectivity index (χ0v) is 11.6. The van der Waals surface area contributed by atoms with E-state index in [1.807, 2.05) is 11.8 Å². The predicted molar refractivity (Wildman–Crippen MR) is 72.8 cm³/mol. The zero-order valence-electron chi connectivity index (χ0n) is 11.6. The van der Waals surface area contributed by atoms with Crippen LogP contribution in [0.3, 0.4) is 0 Å². The molecule has 1 aromatic carbocycles. The highest BCUT2D eigenvalue weighted by atomic mass is 19.1. The van der Waals surface area contributed by atoms with Crippen molar-refractivity contribution in [3.05, 3.63) is 35.6 Å². The van der Waals surface area contributed by atoms with E-state index in [-0.39, 0.29) is 18.5 Å². The van der Waals surface area contributed by atoms with E-state index in [4.69, 9.17) is 4.74 Å². The summed E-state index contributed by atoms with van der Waals surface area (Å²) in [5.74, 6) is -1.63. The van der Waals surface area contributed by atoms with Crippen LogP contribution in [0.25, 0.3) is 0 Å². The number of carboxylic acids is 1. The van der Waals surface area contributed by atoms with E-state index in [0.29, 0.717) is 18.7 Å². The third-order valence-corrected chi connectivity index (χ3v) is 3.68. The summed E-state index contributed by atoms with van der Waals surface area (Å²) >= 11 is 0. The van der Waals surface area contributed by atoms with Gasteiger partial charge >= 0.3 is 5.97 Å². The second-order valence-electron chi connectivity index (χ2n) is 5.11. The van der Waals surface area contributed by atoms with Gasteiger partial charge in [0.05, 0.1) is 19.1 Å². The summed E-state index contributed by atoms with van der Waals surface area (Å²) in [4.78, 5) is 13.3. The molecular weight excluding hydrogens is 261 g/mol. The van der Waals surface area contributed by atoms with E-state index in [9.17, 15) is 14.3 Å². The molecule has 0 aliphatic carbocycles. The van der Waals surface area contributed by atoms with Crippen LogP contribution in [-0.4, -0.2) is 41.8 Å². The van der Waals surface area contributed by atoms with Gasteiger partial charge in [0.2, 0.25) is 0 Å². The quantitative estimate of drug-likeness (QED) is 0.868. The Bertz CT molecular complexity index is 466. The number of carbonyl (C=O) groups is 1. The molecule has 1 aromatic rings. The molecule has 1 heterocycles. The first-order valence-corrected chi connectivity index (χ1v) is 6.91. The molecular formula is C15H20FNO3. The lowest BCUT2D eigenvalue weighted by atomic mass is 10.0. The number of carboxylic acid groups (broad SMARTS) is 1. The molecule has 110 valence electrons. The largest absolute Gasteiger partial charge is 0.481 e. The summed E-state index contributed by atoms with van der Waals surface area (Å²) in [7, 11) is 0. The van der Waals surface area contributed by atoms with Crippen LogP contribution in [0.1, 0.15) is 18.9 Å². The first-order chi connectivity index (χ1) is 9.63. The molecule has 2 unspecified atom stereocenters. The maximum absolute atomic E-state index is 13.8. The van der Waals surface area contributed by atoms with E-state index in [1.165, 1.54) is 6.07 Å². The monoisotopic (exact) mass is 281 g/mol. The van der Waals surface area contributed by atoms with Gasteiger partial charge in [-0.15, -0.1) is 0 Å². The predicted octanol–water partition coefficient (Wildman–Crippen LogP) is 2.14. The lowest BCUT2D eigenvalue weighted by Crippen LogP contribution is -2.43. The second-order valence-corrected chi connectivity index (χ2v) is 5.11. The average Bonchev–Trinajstić information content (AvgIpc) is 2.90. The van der Waals surface area contributed by atoms with Crippen molar-refractivity contribution in [1.82, 2.24) is 4.90 Å². The number of benzene rings is 1. The van der Waals surface area contributed by atoms with E-state index < -0.39 is 11.9 Å². The molecule has 0 aromatic heterocycles. The Hall–Kier alpha value is -1.46. The molecule has 1 aliphatic rings. The number of rotatable bonds is 6. The highest BCUT2D eigenvalue weighted by molar-refractivity contribution is 5.71. The van der Waals surface area contributed by atoms with Crippen LogP contribution in [0, 0.1) is 11.7 Å². The standard InChI is InChI=1S/C15H20FNO3/c1-2-7-17(8-11-5-3-4-6-13(11)16)14-10-20-9-12(14)15(18)19/h3-6,12,14H,2,7-10H2,1H3,(H,18,19). The van der Waals surface area contributed by atoms with Crippen LogP contribution in [0.15, 0.2) is 24.3 Å². The maximum atomic E-state index is 13.8. The van der Waals surface area contributed by atoms with Crippen molar-refractivity contribution in [2.75, 3.05) is 19.8 Å². The van der Waals surface area contributed by atoms with Gasteiger partial charge in [0.1, 0.15) is 5.82 Å². The SMILES string of the molecule is CCCN(Cc1ccccc1F)C1COCC1C(=O)O. The summed E-state index contributed by atoms with van der Waals surface area (Å²) in [6.07, 6.45) is 0.886. The minimum Gasteiger partial charge on any atom is -0.481 e. The van der Waals surface area contributed by atoms with Crippen LogP contribution in [0.4, 0.5) is 4.39 Å². The van der Waals surface area contributed by atoms with Crippen molar-refractivity contribution in [2.24, 2.45) is 5.92 Å². The van der Waals surface area contributed by atoms with Crippen molar-refractivity contribution in [2.45, 2.75) is 25.9 Å². The van der Waals surface area contributed by atoms with Gasteiger partial charge in [-0.2, -0.15) is 0 Å². The second kappa shape index (κ2) is 6.81. The van der Waals surface area contributed by atoms with Gasteiger partial charge in [-0.1, -0.05) is 25.1 Å². The third-order valence-electron chi connectivity index (χ3n) is 3.68. The number of aliphatic carboxylic acids is 1. The number of nitrogens with zero attached hydrogens (tertiary/aromatic N) is 1. The molecule has 20 heavy (non-hydrogen) atoms. The molecule has 0 saturated carbocycles. The van der Waals surface area contributed by atoms with Crippen molar-refractivity contribution in [3.8, 4) is 0 Å². The molecule has 1 aliphatic heterocycles.